The van der Waals surface area contributed by atoms with E-state index in [9.17, 15) is 10.1 Å². The molecule has 28 heavy (non-hydrogen) atoms. The summed E-state index contributed by atoms with van der Waals surface area (Å²) in [6.07, 6.45) is 5.45. The maximum Gasteiger partial charge on any atom is 0.233 e. The second-order valence-electron chi connectivity index (χ2n) is 7.56. The minimum absolute atomic E-state index is 0.226. The third kappa shape index (κ3) is 3.33. The fraction of sp³-hybridized carbons (Fsp3) is 0.409. The molecule has 2 heterocycles. The number of anilines is 1. The van der Waals surface area contributed by atoms with Gasteiger partial charge in [-0.3, -0.25) is 4.79 Å². The highest BCUT2D eigenvalue weighted by molar-refractivity contribution is 6.30. The molecule has 0 atom stereocenters. The quantitative estimate of drug-likeness (QED) is 0.795. The van der Waals surface area contributed by atoms with Crippen molar-refractivity contribution in [2.24, 2.45) is 0 Å². The third-order valence-corrected chi connectivity index (χ3v) is 6.26. The van der Waals surface area contributed by atoms with Gasteiger partial charge >= 0.3 is 0 Å². The van der Waals surface area contributed by atoms with Crippen LogP contribution in [0, 0.1) is 11.3 Å². The van der Waals surface area contributed by atoms with E-state index in [0.29, 0.717) is 23.7 Å². The van der Waals surface area contributed by atoms with Crippen LogP contribution in [-0.2, 0) is 10.2 Å². The van der Waals surface area contributed by atoms with E-state index in [-0.39, 0.29) is 5.91 Å². The fourth-order valence-corrected chi connectivity index (χ4v) is 4.42. The predicted molar refractivity (Wildman–Crippen MR) is 109 cm³/mol. The zero-order valence-corrected chi connectivity index (χ0v) is 16.5. The van der Waals surface area contributed by atoms with Gasteiger partial charge in [0.2, 0.25) is 5.91 Å². The molecule has 2 aromatic rings. The van der Waals surface area contributed by atoms with Gasteiger partial charge in [-0.15, -0.1) is 0 Å². The zero-order chi connectivity index (χ0) is 19.6. The van der Waals surface area contributed by atoms with Gasteiger partial charge in [0.05, 0.1) is 11.0 Å². The predicted octanol–water partition coefficient (Wildman–Crippen LogP) is 3.77. The Kier molecular flexibility index (Phi) is 5.23. The van der Waals surface area contributed by atoms with Crippen LogP contribution >= 0.6 is 11.6 Å². The number of aromatic nitrogens is 1. The van der Waals surface area contributed by atoms with Crippen LogP contribution < -0.4 is 4.90 Å². The Morgan fingerprint density at radius 1 is 1.07 bits per heavy atom. The third-order valence-electron chi connectivity index (χ3n) is 6.00. The number of carbonyl (C=O) groups is 1. The molecule has 1 saturated heterocycles. The summed E-state index contributed by atoms with van der Waals surface area (Å²) in [4.78, 5) is 22.0. The van der Waals surface area contributed by atoms with Gasteiger partial charge in [-0.05, 0) is 49.1 Å². The molecule has 0 radical (unpaired) electrons. The van der Waals surface area contributed by atoms with Crippen LogP contribution in [0.15, 0.2) is 42.6 Å². The average Bonchev–Trinajstić information content (AvgIpc) is 2.94. The van der Waals surface area contributed by atoms with Crippen LogP contribution in [0.4, 0.5) is 5.82 Å². The van der Waals surface area contributed by atoms with Crippen molar-refractivity contribution in [3.05, 3.63) is 58.7 Å². The number of amides is 1. The van der Waals surface area contributed by atoms with Gasteiger partial charge in [0, 0.05) is 37.4 Å². The van der Waals surface area contributed by atoms with E-state index in [1.54, 1.807) is 18.3 Å². The number of pyridine rings is 1. The molecule has 1 aromatic carbocycles. The molecule has 0 bridgehead atoms. The van der Waals surface area contributed by atoms with Crippen molar-refractivity contribution in [2.75, 3.05) is 31.1 Å². The molecule has 2 fully saturated rings. The van der Waals surface area contributed by atoms with E-state index < -0.39 is 5.41 Å². The van der Waals surface area contributed by atoms with Crippen molar-refractivity contribution < 1.29 is 4.79 Å². The van der Waals surface area contributed by atoms with Gasteiger partial charge in [0.15, 0.2) is 0 Å². The number of halogens is 1. The topological polar surface area (TPSA) is 60.2 Å². The van der Waals surface area contributed by atoms with Gasteiger partial charge in [-0.25, -0.2) is 4.98 Å². The van der Waals surface area contributed by atoms with E-state index in [1.165, 1.54) is 0 Å². The van der Waals surface area contributed by atoms with Crippen molar-refractivity contribution in [2.45, 2.75) is 31.1 Å². The summed E-state index contributed by atoms with van der Waals surface area (Å²) in [6.45, 7) is 2.87. The SMILES string of the molecule is N#Cc1cccnc1N1CCCN(C(=O)C2(c3ccc(Cl)cc3)CCC2)CC1. The van der Waals surface area contributed by atoms with E-state index in [0.717, 1.165) is 50.2 Å². The van der Waals surface area contributed by atoms with Gasteiger partial charge < -0.3 is 9.80 Å². The first-order valence-corrected chi connectivity index (χ1v) is 10.2. The van der Waals surface area contributed by atoms with Crippen LogP contribution in [0.5, 0.6) is 0 Å². The first kappa shape index (κ1) is 18.8. The lowest BCUT2D eigenvalue weighted by Gasteiger charge is -2.44. The summed E-state index contributed by atoms with van der Waals surface area (Å²) < 4.78 is 0. The van der Waals surface area contributed by atoms with Crippen LogP contribution in [0.25, 0.3) is 0 Å². The monoisotopic (exact) mass is 394 g/mol. The molecule has 1 aliphatic heterocycles. The van der Waals surface area contributed by atoms with Gasteiger partial charge in [-0.2, -0.15) is 5.26 Å². The zero-order valence-electron chi connectivity index (χ0n) is 15.8. The first-order valence-electron chi connectivity index (χ1n) is 9.79. The second-order valence-corrected chi connectivity index (χ2v) is 8.00. The standard InChI is InChI=1S/C22H23ClN4O/c23-19-7-5-18(6-8-19)22(9-2-10-22)21(28)27-13-3-12-26(14-15-27)20-17(16-24)4-1-11-25-20/h1,4-8,11H,2-3,9-10,12-15H2. The molecule has 0 unspecified atom stereocenters. The Morgan fingerprint density at radius 3 is 2.54 bits per heavy atom. The van der Waals surface area contributed by atoms with Gasteiger partial charge in [0.1, 0.15) is 11.9 Å². The summed E-state index contributed by atoms with van der Waals surface area (Å²) in [5.74, 6) is 0.944. The molecule has 4 rings (SSSR count). The largest absolute Gasteiger partial charge is 0.354 e. The smallest absolute Gasteiger partial charge is 0.233 e. The van der Waals surface area contributed by atoms with Crippen molar-refractivity contribution in [3.63, 3.8) is 0 Å². The minimum atomic E-state index is -0.400. The number of benzene rings is 1. The van der Waals surface area contributed by atoms with E-state index in [2.05, 4.69) is 16.0 Å². The molecule has 0 N–H and O–H groups in total. The van der Waals surface area contributed by atoms with Crippen molar-refractivity contribution >= 4 is 23.3 Å². The maximum atomic E-state index is 13.5. The molecule has 1 amide bonds. The molecular weight excluding hydrogens is 372 g/mol. The lowest BCUT2D eigenvalue weighted by molar-refractivity contribution is -0.140. The lowest BCUT2D eigenvalue weighted by Crippen LogP contribution is -2.52. The highest BCUT2D eigenvalue weighted by atomic mass is 35.5. The Hall–Kier alpha value is -2.58. The van der Waals surface area contributed by atoms with E-state index in [4.69, 9.17) is 11.6 Å². The fourth-order valence-electron chi connectivity index (χ4n) is 4.30. The number of hydrogen-bond acceptors (Lipinski definition) is 4. The van der Waals surface area contributed by atoms with Crippen molar-refractivity contribution in [1.82, 2.24) is 9.88 Å². The molecule has 0 spiro atoms. The number of rotatable bonds is 3. The average molecular weight is 395 g/mol. The Bertz CT molecular complexity index is 901. The van der Waals surface area contributed by atoms with Crippen molar-refractivity contribution in [1.29, 1.82) is 5.26 Å². The summed E-state index contributed by atoms with van der Waals surface area (Å²) in [6, 6.07) is 13.5. The van der Waals surface area contributed by atoms with Crippen LogP contribution in [0.2, 0.25) is 5.02 Å². The summed E-state index contributed by atoms with van der Waals surface area (Å²) >= 11 is 6.04. The van der Waals surface area contributed by atoms with Crippen LogP contribution in [0.1, 0.15) is 36.8 Å². The minimum Gasteiger partial charge on any atom is -0.354 e. The molecule has 6 heteroatoms. The highest BCUT2D eigenvalue weighted by Gasteiger charge is 2.47. The summed E-state index contributed by atoms with van der Waals surface area (Å²) in [7, 11) is 0. The van der Waals surface area contributed by atoms with E-state index >= 15 is 0 Å². The maximum absolute atomic E-state index is 13.5. The van der Waals surface area contributed by atoms with Crippen LogP contribution in [-0.4, -0.2) is 42.0 Å². The van der Waals surface area contributed by atoms with E-state index in [1.807, 2.05) is 29.2 Å². The molecule has 1 aromatic heterocycles. The Labute approximate surface area is 170 Å². The molecule has 2 aliphatic rings. The summed E-state index contributed by atoms with van der Waals surface area (Å²) in [5, 5.41) is 10.1. The number of carbonyl (C=O) groups excluding carboxylic acids is 1. The number of nitrogens with zero attached hydrogens (tertiary/aromatic N) is 4. The van der Waals surface area contributed by atoms with Crippen LogP contribution in [0.3, 0.4) is 0 Å². The number of hydrogen-bond donors (Lipinski definition) is 0. The molecule has 5 nitrogen and oxygen atoms in total. The molecule has 1 aliphatic carbocycles. The molecular formula is C22H23ClN4O. The Morgan fingerprint density at radius 2 is 1.86 bits per heavy atom. The second kappa shape index (κ2) is 7.81. The molecule has 1 saturated carbocycles. The van der Waals surface area contributed by atoms with Gasteiger partial charge in [0.25, 0.3) is 0 Å². The summed E-state index contributed by atoms with van der Waals surface area (Å²) in [5.41, 5.74) is 1.26. The van der Waals surface area contributed by atoms with Gasteiger partial charge in [-0.1, -0.05) is 30.2 Å². The number of nitriles is 1. The normalized spacial score (nSPS) is 18.7. The molecule has 144 valence electrons. The highest BCUT2D eigenvalue weighted by Crippen LogP contribution is 2.45. The Balaban J connectivity index is 1.52. The first-order chi connectivity index (χ1) is 13.6. The van der Waals surface area contributed by atoms with Crippen molar-refractivity contribution in [3.8, 4) is 6.07 Å². The lowest BCUT2D eigenvalue weighted by atomic mass is 9.63.